The minimum atomic E-state index is 0.760. The summed E-state index contributed by atoms with van der Waals surface area (Å²) < 4.78 is 13.5. The van der Waals surface area contributed by atoms with Crippen LogP contribution in [0.2, 0.25) is 0 Å². The van der Waals surface area contributed by atoms with E-state index in [9.17, 15) is 0 Å². The first-order valence-electron chi connectivity index (χ1n) is 14.2. The predicted molar refractivity (Wildman–Crippen MR) is 178 cm³/mol. The lowest BCUT2D eigenvalue weighted by Crippen LogP contribution is -1.96. The molecule has 0 fully saturated rings. The molecule has 204 valence electrons. The van der Waals surface area contributed by atoms with Crippen LogP contribution >= 0.6 is 11.3 Å². The van der Waals surface area contributed by atoms with Crippen LogP contribution in [0.5, 0.6) is 11.5 Å². The molecule has 0 radical (unpaired) electrons. The summed E-state index contributed by atoms with van der Waals surface area (Å²) >= 11 is 1.85. The SMILES string of the molecule is Cn1c(-c2cccc(Oc3ccc4c5c6sc7ccccc7c6ccc5n(-c5ccccn5)c4c3)c2)nc2ccccc21. The van der Waals surface area contributed by atoms with Crippen molar-refractivity contribution in [2.24, 2.45) is 7.05 Å². The number of hydrogen-bond acceptors (Lipinski definition) is 4. The Kier molecular flexibility index (Phi) is 5.21. The fourth-order valence-corrected chi connectivity index (χ4v) is 7.56. The standard InChI is InChI=1S/C37H24N4OS/c1-40-30-13-4-3-12-29(30)39-37(40)23-9-8-10-24(21-23)42-25-16-17-28-32(22-25)41(34-15-6-7-20-38-34)31-19-18-27-26-11-2-5-14-33(26)43-36(27)35(28)31/h2-22H,1H3. The molecule has 0 spiro atoms. The zero-order chi connectivity index (χ0) is 28.5. The third kappa shape index (κ3) is 3.70. The van der Waals surface area contributed by atoms with E-state index in [4.69, 9.17) is 14.7 Å². The molecular formula is C37H24N4OS. The van der Waals surface area contributed by atoms with Crippen molar-refractivity contribution in [1.82, 2.24) is 19.1 Å². The van der Waals surface area contributed by atoms with Gasteiger partial charge in [0.1, 0.15) is 23.1 Å². The van der Waals surface area contributed by atoms with Crippen molar-refractivity contribution in [1.29, 1.82) is 0 Å². The van der Waals surface area contributed by atoms with Crippen LogP contribution in [0.1, 0.15) is 0 Å². The molecule has 0 amide bonds. The number of imidazole rings is 1. The van der Waals surface area contributed by atoms with E-state index in [1.807, 2.05) is 60.0 Å². The maximum atomic E-state index is 6.52. The monoisotopic (exact) mass is 572 g/mol. The molecule has 9 rings (SSSR count). The highest BCUT2D eigenvalue weighted by molar-refractivity contribution is 7.26. The van der Waals surface area contributed by atoms with Crippen molar-refractivity contribution >= 4 is 64.3 Å². The summed E-state index contributed by atoms with van der Waals surface area (Å²) in [5, 5.41) is 5.00. The largest absolute Gasteiger partial charge is 0.457 e. The van der Waals surface area contributed by atoms with Gasteiger partial charge in [-0.2, -0.15) is 0 Å². The summed E-state index contributed by atoms with van der Waals surface area (Å²) in [4.78, 5) is 9.63. The summed E-state index contributed by atoms with van der Waals surface area (Å²) in [6.45, 7) is 0. The van der Waals surface area contributed by atoms with Crippen LogP contribution in [0.25, 0.3) is 70.2 Å². The van der Waals surface area contributed by atoms with E-state index in [1.54, 1.807) is 0 Å². The Morgan fingerprint density at radius 1 is 0.651 bits per heavy atom. The first kappa shape index (κ1) is 24.2. The van der Waals surface area contributed by atoms with Gasteiger partial charge in [0.25, 0.3) is 0 Å². The van der Waals surface area contributed by atoms with Gasteiger partial charge >= 0.3 is 0 Å². The Balaban J connectivity index is 1.21. The predicted octanol–water partition coefficient (Wildman–Crippen LogP) is 9.89. The fraction of sp³-hybridized carbons (Fsp3) is 0.0270. The summed E-state index contributed by atoms with van der Waals surface area (Å²) in [6, 6.07) is 41.9. The van der Waals surface area contributed by atoms with Crippen molar-refractivity contribution in [2.45, 2.75) is 0 Å². The van der Waals surface area contributed by atoms with Crippen LogP contribution in [0.4, 0.5) is 0 Å². The third-order valence-corrected chi connectivity index (χ3v) is 9.44. The van der Waals surface area contributed by atoms with Gasteiger partial charge in [-0.15, -0.1) is 11.3 Å². The van der Waals surface area contributed by atoms with Gasteiger partial charge < -0.3 is 9.30 Å². The lowest BCUT2D eigenvalue weighted by Gasteiger charge is -2.10. The Bertz CT molecular complexity index is 2500. The number of pyridine rings is 1. The van der Waals surface area contributed by atoms with Gasteiger partial charge in [0.15, 0.2) is 0 Å². The van der Waals surface area contributed by atoms with Crippen molar-refractivity contribution < 1.29 is 4.74 Å². The molecule has 43 heavy (non-hydrogen) atoms. The van der Waals surface area contributed by atoms with Gasteiger partial charge in [-0.25, -0.2) is 9.97 Å². The summed E-state index contributed by atoms with van der Waals surface area (Å²) in [6.07, 6.45) is 1.85. The third-order valence-electron chi connectivity index (χ3n) is 8.24. The molecule has 0 aliphatic carbocycles. The van der Waals surface area contributed by atoms with Crippen molar-refractivity contribution in [3.63, 3.8) is 0 Å². The van der Waals surface area contributed by atoms with Gasteiger partial charge in [0, 0.05) is 55.8 Å². The minimum absolute atomic E-state index is 0.760. The van der Waals surface area contributed by atoms with E-state index in [0.29, 0.717) is 0 Å². The second kappa shape index (κ2) is 9.28. The van der Waals surface area contributed by atoms with E-state index in [1.165, 1.54) is 30.9 Å². The van der Waals surface area contributed by atoms with E-state index < -0.39 is 0 Å². The van der Waals surface area contributed by atoms with Gasteiger partial charge in [-0.3, -0.25) is 4.57 Å². The smallest absolute Gasteiger partial charge is 0.140 e. The average Bonchev–Trinajstić information content (AvgIpc) is 3.70. The molecule has 5 aromatic carbocycles. The summed E-state index contributed by atoms with van der Waals surface area (Å²) in [5.74, 6) is 3.31. The zero-order valence-corrected chi connectivity index (χ0v) is 24.0. The molecule has 0 atom stereocenters. The highest BCUT2D eigenvalue weighted by atomic mass is 32.1. The van der Waals surface area contributed by atoms with E-state index in [-0.39, 0.29) is 0 Å². The van der Waals surface area contributed by atoms with Crippen LogP contribution in [0.3, 0.4) is 0 Å². The normalized spacial score (nSPS) is 11.8. The highest BCUT2D eigenvalue weighted by Crippen LogP contribution is 2.44. The fourth-order valence-electron chi connectivity index (χ4n) is 6.30. The minimum Gasteiger partial charge on any atom is -0.457 e. The molecule has 4 aromatic heterocycles. The number of aryl methyl sites for hydroxylation is 1. The molecule has 0 N–H and O–H groups in total. The molecule has 0 saturated heterocycles. The van der Waals surface area contributed by atoms with Crippen LogP contribution < -0.4 is 4.74 Å². The van der Waals surface area contributed by atoms with Gasteiger partial charge in [0.05, 0.1) is 22.1 Å². The van der Waals surface area contributed by atoms with Gasteiger partial charge in [-0.1, -0.05) is 54.6 Å². The first-order valence-corrected chi connectivity index (χ1v) is 15.0. The molecule has 9 aromatic rings. The van der Waals surface area contributed by atoms with Crippen LogP contribution in [0.15, 0.2) is 128 Å². The van der Waals surface area contributed by atoms with E-state index in [2.05, 4.69) is 95.0 Å². The molecule has 5 nitrogen and oxygen atoms in total. The maximum Gasteiger partial charge on any atom is 0.140 e. The van der Waals surface area contributed by atoms with Crippen LogP contribution in [-0.2, 0) is 7.05 Å². The Morgan fingerprint density at radius 2 is 1.49 bits per heavy atom. The zero-order valence-electron chi connectivity index (χ0n) is 23.2. The average molecular weight is 573 g/mol. The molecule has 0 bridgehead atoms. The molecule has 0 saturated carbocycles. The first-order chi connectivity index (χ1) is 21.2. The van der Waals surface area contributed by atoms with E-state index in [0.717, 1.165) is 50.8 Å². The number of thiophene rings is 1. The Hall–Kier alpha value is -5.46. The summed E-state index contributed by atoms with van der Waals surface area (Å²) in [5.41, 5.74) is 5.28. The molecule has 0 aliphatic heterocycles. The van der Waals surface area contributed by atoms with Crippen LogP contribution in [0, 0.1) is 0 Å². The molecule has 0 unspecified atom stereocenters. The second-order valence-corrected chi connectivity index (χ2v) is 11.8. The van der Waals surface area contributed by atoms with Crippen molar-refractivity contribution in [3.8, 4) is 28.7 Å². The quantitative estimate of drug-likeness (QED) is 0.211. The summed E-state index contributed by atoms with van der Waals surface area (Å²) in [7, 11) is 2.05. The number of para-hydroxylation sites is 2. The Morgan fingerprint density at radius 3 is 2.40 bits per heavy atom. The number of fused-ring (bicyclic) bond motifs is 8. The molecular weight excluding hydrogens is 549 g/mol. The topological polar surface area (TPSA) is 44.9 Å². The second-order valence-electron chi connectivity index (χ2n) is 10.7. The van der Waals surface area contributed by atoms with Crippen molar-refractivity contribution in [2.75, 3.05) is 0 Å². The molecule has 6 heteroatoms. The van der Waals surface area contributed by atoms with Crippen molar-refractivity contribution in [3.05, 3.63) is 128 Å². The number of ether oxygens (including phenoxy) is 1. The molecule has 0 aliphatic rings. The maximum absolute atomic E-state index is 6.52. The number of hydrogen-bond donors (Lipinski definition) is 0. The number of nitrogens with zero attached hydrogens (tertiary/aromatic N) is 4. The number of aromatic nitrogens is 4. The highest BCUT2D eigenvalue weighted by Gasteiger charge is 2.19. The molecule has 4 heterocycles. The van der Waals surface area contributed by atoms with E-state index >= 15 is 0 Å². The number of rotatable bonds is 4. The number of benzene rings is 5. The van der Waals surface area contributed by atoms with Gasteiger partial charge in [0.2, 0.25) is 0 Å². The van der Waals surface area contributed by atoms with Crippen LogP contribution in [-0.4, -0.2) is 19.1 Å². The van der Waals surface area contributed by atoms with Gasteiger partial charge in [-0.05, 0) is 60.7 Å². The Labute approximate surface area is 250 Å². The lowest BCUT2D eigenvalue weighted by atomic mass is 10.1. The lowest BCUT2D eigenvalue weighted by molar-refractivity contribution is 0.483.